The lowest BCUT2D eigenvalue weighted by Crippen LogP contribution is -2.28. The Morgan fingerprint density at radius 3 is 2.43 bits per heavy atom. The lowest BCUT2D eigenvalue weighted by atomic mass is 10.1. The van der Waals surface area contributed by atoms with Crippen molar-refractivity contribution in [2.24, 2.45) is 0 Å². The first-order chi connectivity index (χ1) is 13.1. The number of rotatable bonds is 5. The molecular weight excluding hydrogens is 363 g/mol. The first-order valence-electron chi connectivity index (χ1n) is 8.83. The largest absolute Gasteiger partial charge is 0.494 e. The number of hydrogen-bond acceptors (Lipinski definition) is 4. The van der Waals surface area contributed by atoms with E-state index in [1.807, 2.05) is 0 Å². The molecule has 7 heteroatoms. The SMILES string of the molecule is COc1ccc([C@H](C)NC(=O)c2cccc(NC(=O)OC(C)(C)C)c2)cc1F. The molecule has 2 N–H and O–H groups in total. The molecule has 2 aromatic rings. The van der Waals surface area contributed by atoms with E-state index in [1.165, 1.54) is 19.2 Å². The summed E-state index contributed by atoms with van der Waals surface area (Å²) in [6.45, 7) is 7.04. The van der Waals surface area contributed by atoms with Gasteiger partial charge in [0, 0.05) is 11.3 Å². The number of methoxy groups -OCH3 is 1. The van der Waals surface area contributed by atoms with Crippen LogP contribution in [-0.2, 0) is 4.74 Å². The minimum Gasteiger partial charge on any atom is -0.494 e. The minimum atomic E-state index is -0.623. The van der Waals surface area contributed by atoms with Gasteiger partial charge in [-0.2, -0.15) is 0 Å². The highest BCUT2D eigenvalue weighted by Gasteiger charge is 2.17. The van der Waals surface area contributed by atoms with Crippen molar-refractivity contribution >= 4 is 17.7 Å². The number of halogens is 1. The van der Waals surface area contributed by atoms with E-state index in [1.54, 1.807) is 58.0 Å². The van der Waals surface area contributed by atoms with Crippen LogP contribution < -0.4 is 15.4 Å². The maximum Gasteiger partial charge on any atom is 0.412 e. The van der Waals surface area contributed by atoms with Gasteiger partial charge in [0.15, 0.2) is 11.6 Å². The summed E-state index contributed by atoms with van der Waals surface area (Å²) in [7, 11) is 1.39. The minimum absolute atomic E-state index is 0.142. The van der Waals surface area contributed by atoms with Crippen LogP contribution in [-0.4, -0.2) is 24.7 Å². The monoisotopic (exact) mass is 388 g/mol. The van der Waals surface area contributed by atoms with E-state index in [4.69, 9.17) is 9.47 Å². The molecule has 0 bridgehead atoms. The van der Waals surface area contributed by atoms with Crippen LogP contribution in [0.15, 0.2) is 42.5 Å². The van der Waals surface area contributed by atoms with Crippen molar-refractivity contribution in [3.8, 4) is 5.75 Å². The molecule has 0 fully saturated rings. The zero-order chi connectivity index (χ0) is 20.9. The molecule has 0 aliphatic carbocycles. The van der Waals surface area contributed by atoms with Crippen LogP contribution >= 0.6 is 0 Å². The Labute approximate surface area is 164 Å². The Morgan fingerprint density at radius 1 is 1.11 bits per heavy atom. The van der Waals surface area contributed by atoms with E-state index in [-0.39, 0.29) is 11.7 Å². The number of carbonyl (C=O) groups excluding carboxylic acids is 2. The molecule has 2 rings (SSSR count). The zero-order valence-corrected chi connectivity index (χ0v) is 16.6. The first-order valence-corrected chi connectivity index (χ1v) is 8.83. The smallest absolute Gasteiger partial charge is 0.412 e. The van der Waals surface area contributed by atoms with Crippen LogP contribution in [0.5, 0.6) is 5.75 Å². The number of anilines is 1. The third-order valence-electron chi connectivity index (χ3n) is 3.79. The van der Waals surface area contributed by atoms with Crippen LogP contribution in [0.25, 0.3) is 0 Å². The number of benzene rings is 2. The molecule has 28 heavy (non-hydrogen) atoms. The van der Waals surface area contributed by atoms with Crippen LogP contribution in [0.2, 0.25) is 0 Å². The van der Waals surface area contributed by atoms with Crippen LogP contribution in [0, 0.1) is 5.82 Å². The van der Waals surface area contributed by atoms with E-state index in [0.29, 0.717) is 16.8 Å². The van der Waals surface area contributed by atoms with Gasteiger partial charge in [-0.25, -0.2) is 9.18 Å². The summed E-state index contributed by atoms with van der Waals surface area (Å²) in [4.78, 5) is 24.4. The standard InChI is InChI=1S/C21H25FN2O4/c1-13(14-9-10-18(27-5)17(22)12-14)23-19(25)15-7-6-8-16(11-15)24-20(26)28-21(2,3)4/h6-13H,1-5H3,(H,23,25)(H,24,26)/t13-/m0/s1. The first kappa shape index (κ1) is 21.2. The number of amides is 2. The zero-order valence-electron chi connectivity index (χ0n) is 16.6. The van der Waals surface area contributed by atoms with Gasteiger partial charge in [-0.1, -0.05) is 12.1 Å². The average molecular weight is 388 g/mol. The lowest BCUT2D eigenvalue weighted by molar-refractivity contribution is 0.0635. The fourth-order valence-corrected chi connectivity index (χ4v) is 2.47. The number of hydrogen-bond donors (Lipinski definition) is 2. The van der Waals surface area contributed by atoms with Crippen molar-refractivity contribution in [2.75, 3.05) is 12.4 Å². The summed E-state index contributed by atoms with van der Waals surface area (Å²) in [5.74, 6) is -0.704. The fourth-order valence-electron chi connectivity index (χ4n) is 2.47. The van der Waals surface area contributed by atoms with Crippen LogP contribution in [0.4, 0.5) is 14.9 Å². The number of carbonyl (C=O) groups is 2. The molecule has 150 valence electrons. The Bertz CT molecular complexity index is 862. The van der Waals surface area contributed by atoms with Crippen molar-refractivity contribution in [3.63, 3.8) is 0 Å². The molecule has 2 aromatic carbocycles. The van der Waals surface area contributed by atoms with Crippen molar-refractivity contribution in [3.05, 3.63) is 59.4 Å². The molecule has 0 saturated carbocycles. The molecule has 0 aliphatic rings. The van der Waals surface area contributed by atoms with Crippen molar-refractivity contribution < 1.29 is 23.5 Å². The van der Waals surface area contributed by atoms with E-state index < -0.39 is 23.6 Å². The van der Waals surface area contributed by atoms with Crippen LogP contribution in [0.3, 0.4) is 0 Å². The van der Waals surface area contributed by atoms with E-state index in [2.05, 4.69) is 10.6 Å². The highest BCUT2D eigenvalue weighted by atomic mass is 19.1. The summed E-state index contributed by atoms with van der Waals surface area (Å²) in [6.07, 6.45) is -0.605. The number of ether oxygens (including phenoxy) is 2. The van der Waals surface area contributed by atoms with Gasteiger partial charge < -0.3 is 14.8 Å². The summed E-state index contributed by atoms with van der Waals surface area (Å²) in [5.41, 5.74) is 0.774. The highest BCUT2D eigenvalue weighted by Crippen LogP contribution is 2.22. The van der Waals surface area contributed by atoms with Gasteiger partial charge in [-0.15, -0.1) is 0 Å². The Balaban J connectivity index is 2.06. The third-order valence-corrected chi connectivity index (χ3v) is 3.79. The van der Waals surface area contributed by atoms with E-state index >= 15 is 0 Å². The topological polar surface area (TPSA) is 76.7 Å². The van der Waals surface area contributed by atoms with Crippen LogP contribution in [0.1, 0.15) is 49.7 Å². The van der Waals surface area contributed by atoms with Crippen molar-refractivity contribution in [2.45, 2.75) is 39.3 Å². The summed E-state index contributed by atoms with van der Waals surface area (Å²) in [6, 6.07) is 10.6. The second-order valence-corrected chi connectivity index (χ2v) is 7.30. The van der Waals surface area contributed by atoms with Gasteiger partial charge in [0.25, 0.3) is 5.91 Å². The molecule has 0 unspecified atom stereocenters. The predicted octanol–water partition coefficient (Wildman–Crippen LogP) is 4.67. The normalized spacial score (nSPS) is 12.1. The van der Waals surface area contributed by atoms with Gasteiger partial charge in [0.1, 0.15) is 5.60 Å². The predicted molar refractivity (Wildman–Crippen MR) is 105 cm³/mol. The second-order valence-electron chi connectivity index (χ2n) is 7.30. The van der Waals surface area contributed by atoms with E-state index in [0.717, 1.165) is 0 Å². The maximum absolute atomic E-state index is 13.9. The molecule has 2 amide bonds. The molecule has 6 nitrogen and oxygen atoms in total. The third kappa shape index (κ3) is 5.97. The number of nitrogens with one attached hydrogen (secondary N) is 2. The molecule has 0 aliphatic heterocycles. The summed E-state index contributed by atoms with van der Waals surface area (Å²) in [5, 5.41) is 5.40. The molecule has 0 saturated heterocycles. The van der Waals surface area contributed by atoms with Gasteiger partial charge in [-0.05, 0) is 63.6 Å². The van der Waals surface area contributed by atoms with Crippen molar-refractivity contribution in [1.29, 1.82) is 0 Å². The van der Waals surface area contributed by atoms with Crippen molar-refractivity contribution in [1.82, 2.24) is 5.32 Å². The molecule has 0 heterocycles. The summed E-state index contributed by atoms with van der Waals surface area (Å²) < 4.78 is 24.0. The average Bonchev–Trinajstić information content (AvgIpc) is 2.60. The lowest BCUT2D eigenvalue weighted by Gasteiger charge is -2.20. The quantitative estimate of drug-likeness (QED) is 0.780. The van der Waals surface area contributed by atoms with Gasteiger partial charge in [0.2, 0.25) is 0 Å². The highest BCUT2D eigenvalue weighted by molar-refractivity contribution is 5.96. The molecule has 0 aromatic heterocycles. The Kier molecular flexibility index (Phi) is 6.62. The van der Waals surface area contributed by atoms with Gasteiger partial charge in [-0.3, -0.25) is 10.1 Å². The van der Waals surface area contributed by atoms with Gasteiger partial charge >= 0.3 is 6.09 Å². The fraction of sp³-hybridized carbons (Fsp3) is 0.333. The molecule has 1 atom stereocenters. The molecule has 0 radical (unpaired) electrons. The van der Waals surface area contributed by atoms with E-state index in [9.17, 15) is 14.0 Å². The summed E-state index contributed by atoms with van der Waals surface area (Å²) >= 11 is 0. The Morgan fingerprint density at radius 2 is 1.82 bits per heavy atom. The maximum atomic E-state index is 13.9. The Hall–Kier alpha value is -3.09. The molecule has 0 spiro atoms. The second kappa shape index (κ2) is 8.73. The molecular formula is C21H25FN2O4. The van der Waals surface area contributed by atoms with Gasteiger partial charge in [0.05, 0.1) is 13.2 Å².